The summed E-state index contributed by atoms with van der Waals surface area (Å²) in [5, 5.41) is 2.88. The number of nitrogens with zero attached hydrogens (tertiary/aromatic N) is 2. The standard InChI is InChI=1S/C18H29N3O5S/c1-15(18(22)19-9-4-10-21-11-13-25-14-12-21)26-17-7-5-16(6-8-17)20(2)27(3,23)24/h5-8,15H,4,9-14H2,1-3H3,(H,19,22)/t15-/m0/s1. The molecule has 8 nitrogen and oxygen atoms in total. The minimum atomic E-state index is -3.31. The van der Waals surface area contributed by atoms with Gasteiger partial charge in [-0.2, -0.15) is 0 Å². The Morgan fingerprint density at radius 3 is 2.52 bits per heavy atom. The molecule has 9 heteroatoms. The van der Waals surface area contributed by atoms with Gasteiger partial charge in [-0.3, -0.25) is 14.0 Å². The number of carbonyl (C=O) groups is 1. The molecule has 1 aromatic carbocycles. The molecular weight excluding hydrogens is 370 g/mol. The maximum atomic E-state index is 12.1. The van der Waals surface area contributed by atoms with Crippen LogP contribution in [-0.4, -0.2) is 78.0 Å². The van der Waals surface area contributed by atoms with Crippen LogP contribution in [-0.2, 0) is 19.6 Å². The van der Waals surface area contributed by atoms with E-state index in [1.165, 1.54) is 11.4 Å². The first-order valence-corrected chi connectivity index (χ1v) is 10.9. The summed E-state index contributed by atoms with van der Waals surface area (Å²) in [6, 6.07) is 6.59. The lowest BCUT2D eigenvalue weighted by Crippen LogP contribution is -2.40. The smallest absolute Gasteiger partial charge is 0.260 e. The van der Waals surface area contributed by atoms with E-state index in [1.54, 1.807) is 31.2 Å². The van der Waals surface area contributed by atoms with E-state index in [0.29, 0.717) is 18.0 Å². The molecule has 1 heterocycles. The van der Waals surface area contributed by atoms with Crippen LogP contribution >= 0.6 is 0 Å². The summed E-state index contributed by atoms with van der Waals surface area (Å²) in [6.45, 7) is 6.66. The highest BCUT2D eigenvalue weighted by Crippen LogP contribution is 2.21. The zero-order chi connectivity index (χ0) is 19.9. The van der Waals surface area contributed by atoms with E-state index in [-0.39, 0.29) is 5.91 Å². The van der Waals surface area contributed by atoms with E-state index in [4.69, 9.17) is 9.47 Å². The van der Waals surface area contributed by atoms with Crippen LogP contribution in [0.2, 0.25) is 0 Å². The van der Waals surface area contributed by atoms with E-state index < -0.39 is 16.1 Å². The van der Waals surface area contributed by atoms with E-state index in [2.05, 4.69) is 10.2 Å². The first-order chi connectivity index (χ1) is 12.8. The molecule has 27 heavy (non-hydrogen) atoms. The Balaban J connectivity index is 1.73. The molecule has 1 saturated heterocycles. The van der Waals surface area contributed by atoms with Crippen LogP contribution in [0.3, 0.4) is 0 Å². The first-order valence-electron chi connectivity index (χ1n) is 9.06. The predicted molar refractivity (Wildman–Crippen MR) is 105 cm³/mol. The highest BCUT2D eigenvalue weighted by molar-refractivity contribution is 7.92. The highest BCUT2D eigenvalue weighted by Gasteiger charge is 2.16. The fraction of sp³-hybridized carbons (Fsp3) is 0.611. The second kappa shape index (κ2) is 9.91. The van der Waals surface area contributed by atoms with Gasteiger partial charge < -0.3 is 14.8 Å². The van der Waals surface area contributed by atoms with E-state index in [9.17, 15) is 13.2 Å². The van der Waals surface area contributed by atoms with Gasteiger partial charge in [0.25, 0.3) is 5.91 Å². The van der Waals surface area contributed by atoms with Crippen molar-refractivity contribution in [2.75, 3.05) is 57.0 Å². The summed E-state index contributed by atoms with van der Waals surface area (Å²) >= 11 is 0. The van der Waals surface area contributed by atoms with Crippen molar-refractivity contribution in [2.24, 2.45) is 0 Å². The van der Waals surface area contributed by atoms with Crippen LogP contribution in [0, 0.1) is 0 Å². The SMILES string of the molecule is C[C@H](Oc1ccc(N(C)S(C)(=O)=O)cc1)C(=O)NCCCN1CCOCC1. The molecule has 1 aliphatic rings. The average Bonchev–Trinajstić information content (AvgIpc) is 2.65. The van der Waals surface area contributed by atoms with Crippen molar-refractivity contribution in [3.8, 4) is 5.75 Å². The lowest BCUT2D eigenvalue weighted by atomic mass is 10.3. The molecule has 1 fully saturated rings. The van der Waals surface area contributed by atoms with Gasteiger partial charge in [0.15, 0.2) is 6.10 Å². The van der Waals surface area contributed by atoms with Crippen LogP contribution in [0.25, 0.3) is 0 Å². The summed E-state index contributed by atoms with van der Waals surface area (Å²) < 4.78 is 35.2. The summed E-state index contributed by atoms with van der Waals surface area (Å²) in [6.07, 6.45) is 1.39. The minimum absolute atomic E-state index is 0.172. The topological polar surface area (TPSA) is 88.2 Å². The normalized spacial score (nSPS) is 16.6. The van der Waals surface area contributed by atoms with Crippen LogP contribution in [0.5, 0.6) is 5.75 Å². The summed E-state index contributed by atoms with van der Waals surface area (Å²) in [4.78, 5) is 14.5. The van der Waals surface area contributed by atoms with Gasteiger partial charge in [-0.1, -0.05) is 0 Å². The van der Waals surface area contributed by atoms with Crippen molar-refractivity contribution in [3.63, 3.8) is 0 Å². The Kier molecular flexibility index (Phi) is 7.88. The van der Waals surface area contributed by atoms with Gasteiger partial charge in [0, 0.05) is 26.7 Å². The maximum Gasteiger partial charge on any atom is 0.260 e. The van der Waals surface area contributed by atoms with Crippen molar-refractivity contribution < 1.29 is 22.7 Å². The third-order valence-corrected chi connectivity index (χ3v) is 5.64. The number of amides is 1. The van der Waals surface area contributed by atoms with Crippen molar-refractivity contribution in [1.82, 2.24) is 10.2 Å². The number of ether oxygens (including phenoxy) is 2. The van der Waals surface area contributed by atoms with Crippen LogP contribution in [0.1, 0.15) is 13.3 Å². The third-order valence-electron chi connectivity index (χ3n) is 4.43. The fourth-order valence-electron chi connectivity index (χ4n) is 2.67. The van der Waals surface area contributed by atoms with Gasteiger partial charge in [-0.15, -0.1) is 0 Å². The molecule has 0 saturated carbocycles. The van der Waals surface area contributed by atoms with Gasteiger partial charge in [0.1, 0.15) is 5.75 Å². The van der Waals surface area contributed by atoms with Crippen LogP contribution in [0.15, 0.2) is 24.3 Å². The number of nitrogens with one attached hydrogen (secondary N) is 1. The third kappa shape index (κ3) is 7.00. The first kappa shape index (κ1) is 21.5. The second-order valence-corrected chi connectivity index (χ2v) is 8.60. The van der Waals surface area contributed by atoms with Gasteiger partial charge >= 0.3 is 0 Å². The Morgan fingerprint density at radius 2 is 1.93 bits per heavy atom. The number of benzene rings is 1. The molecule has 1 aromatic rings. The molecule has 1 N–H and O–H groups in total. The largest absolute Gasteiger partial charge is 0.481 e. The van der Waals surface area contributed by atoms with Crippen molar-refractivity contribution in [2.45, 2.75) is 19.4 Å². The van der Waals surface area contributed by atoms with Gasteiger partial charge in [0.05, 0.1) is 25.2 Å². The van der Waals surface area contributed by atoms with Crippen molar-refractivity contribution >= 4 is 21.6 Å². The molecule has 0 spiro atoms. The lowest BCUT2D eigenvalue weighted by molar-refractivity contribution is -0.127. The van der Waals surface area contributed by atoms with Crippen molar-refractivity contribution in [3.05, 3.63) is 24.3 Å². The number of anilines is 1. The van der Waals surface area contributed by atoms with Crippen LogP contribution < -0.4 is 14.4 Å². The number of hydrogen-bond donors (Lipinski definition) is 1. The Labute approximate surface area is 161 Å². The number of rotatable bonds is 9. The Hall–Kier alpha value is -1.84. The highest BCUT2D eigenvalue weighted by atomic mass is 32.2. The number of morpholine rings is 1. The molecule has 0 radical (unpaired) electrons. The average molecular weight is 400 g/mol. The van der Waals surface area contributed by atoms with Gasteiger partial charge in [0.2, 0.25) is 10.0 Å². The number of hydrogen-bond acceptors (Lipinski definition) is 6. The quantitative estimate of drug-likeness (QED) is 0.615. The molecule has 0 bridgehead atoms. The fourth-order valence-corrected chi connectivity index (χ4v) is 3.17. The number of sulfonamides is 1. The summed E-state index contributed by atoms with van der Waals surface area (Å²) in [5.41, 5.74) is 0.532. The van der Waals surface area contributed by atoms with Crippen molar-refractivity contribution in [1.29, 1.82) is 0 Å². The van der Waals surface area contributed by atoms with Crippen LogP contribution in [0.4, 0.5) is 5.69 Å². The summed E-state index contributed by atoms with van der Waals surface area (Å²) in [7, 11) is -1.82. The Bertz CT molecular complexity index is 702. The molecule has 1 aliphatic heterocycles. The van der Waals surface area contributed by atoms with Gasteiger partial charge in [-0.25, -0.2) is 8.42 Å². The van der Waals surface area contributed by atoms with E-state index in [0.717, 1.165) is 45.5 Å². The Morgan fingerprint density at radius 1 is 1.30 bits per heavy atom. The second-order valence-electron chi connectivity index (χ2n) is 6.58. The zero-order valence-corrected chi connectivity index (χ0v) is 17.0. The zero-order valence-electron chi connectivity index (χ0n) is 16.2. The van der Waals surface area contributed by atoms with E-state index >= 15 is 0 Å². The monoisotopic (exact) mass is 399 g/mol. The van der Waals surface area contributed by atoms with Gasteiger partial charge in [-0.05, 0) is 44.2 Å². The molecule has 1 atom stereocenters. The number of carbonyl (C=O) groups excluding carboxylic acids is 1. The molecule has 152 valence electrons. The summed E-state index contributed by atoms with van der Waals surface area (Å²) in [5.74, 6) is 0.339. The minimum Gasteiger partial charge on any atom is -0.481 e. The molecule has 1 amide bonds. The molecule has 0 aromatic heterocycles. The molecule has 2 rings (SSSR count). The maximum absolute atomic E-state index is 12.1. The van der Waals surface area contributed by atoms with E-state index in [1.807, 2.05) is 0 Å². The predicted octanol–water partition coefficient (Wildman–Crippen LogP) is 0.688. The lowest BCUT2D eigenvalue weighted by Gasteiger charge is -2.26. The molecule has 0 unspecified atom stereocenters. The molecule has 0 aliphatic carbocycles. The molecular formula is C18H29N3O5S.